The van der Waals surface area contributed by atoms with E-state index in [0.717, 1.165) is 24.8 Å². The van der Waals surface area contributed by atoms with Crippen LogP contribution in [0.3, 0.4) is 0 Å². The summed E-state index contributed by atoms with van der Waals surface area (Å²) in [5.74, 6) is -0.961. The van der Waals surface area contributed by atoms with Crippen LogP contribution in [0.2, 0.25) is 5.02 Å². The zero-order chi connectivity index (χ0) is 21.7. The molecule has 0 saturated heterocycles. The largest absolute Gasteiger partial charge is 0.481 e. The van der Waals surface area contributed by atoms with E-state index in [1.165, 1.54) is 10.6 Å². The van der Waals surface area contributed by atoms with Gasteiger partial charge in [0, 0.05) is 29.1 Å². The maximum atomic E-state index is 12.8. The van der Waals surface area contributed by atoms with Gasteiger partial charge in [-0.3, -0.25) is 19.0 Å². The molecule has 1 aromatic carbocycles. The molecule has 2 N–H and O–H groups in total. The van der Waals surface area contributed by atoms with Gasteiger partial charge < -0.3 is 10.4 Å². The summed E-state index contributed by atoms with van der Waals surface area (Å²) in [5.41, 5.74) is 1.07. The third-order valence-electron chi connectivity index (χ3n) is 5.39. The highest BCUT2D eigenvalue weighted by Crippen LogP contribution is 2.27. The van der Waals surface area contributed by atoms with E-state index in [1.54, 1.807) is 12.1 Å². The van der Waals surface area contributed by atoms with Crippen molar-refractivity contribution in [3.8, 4) is 11.3 Å². The summed E-state index contributed by atoms with van der Waals surface area (Å²) in [7, 11) is 0. The lowest BCUT2D eigenvalue weighted by Crippen LogP contribution is -2.48. The van der Waals surface area contributed by atoms with Gasteiger partial charge in [0.2, 0.25) is 5.91 Å². The second-order valence-corrected chi connectivity index (χ2v) is 8.15. The Bertz CT molecular complexity index is 965. The molecule has 1 aromatic heterocycles. The Hall–Kier alpha value is -2.67. The van der Waals surface area contributed by atoms with Gasteiger partial charge in [0.25, 0.3) is 5.56 Å². The van der Waals surface area contributed by atoms with Crippen LogP contribution in [0.4, 0.5) is 0 Å². The molecule has 1 fully saturated rings. The molecule has 8 heteroatoms. The number of carboxylic acids is 1. The number of unbranched alkanes of at least 4 members (excludes halogenated alkanes) is 2. The van der Waals surface area contributed by atoms with Gasteiger partial charge in [-0.1, -0.05) is 43.5 Å². The summed E-state index contributed by atoms with van der Waals surface area (Å²) < 4.78 is 1.41. The number of rotatable bonds is 9. The number of carbonyl (C=O) groups excluding carboxylic acids is 1. The van der Waals surface area contributed by atoms with E-state index in [1.807, 2.05) is 12.1 Å². The third kappa shape index (κ3) is 5.48. The van der Waals surface area contributed by atoms with Crippen LogP contribution in [0, 0.1) is 5.92 Å². The van der Waals surface area contributed by atoms with Crippen LogP contribution in [0.25, 0.3) is 11.3 Å². The lowest BCUT2D eigenvalue weighted by molar-refractivity contribution is -0.146. The van der Waals surface area contributed by atoms with Gasteiger partial charge in [-0.25, -0.2) is 4.98 Å². The van der Waals surface area contributed by atoms with Crippen molar-refractivity contribution in [1.29, 1.82) is 0 Å². The predicted molar refractivity (Wildman–Crippen MR) is 114 cm³/mol. The number of hydrogen-bond donors (Lipinski definition) is 2. The lowest BCUT2D eigenvalue weighted by Gasteiger charge is -2.32. The molecule has 1 saturated carbocycles. The van der Waals surface area contributed by atoms with Crippen LogP contribution in [-0.4, -0.2) is 32.6 Å². The van der Waals surface area contributed by atoms with Crippen molar-refractivity contribution >= 4 is 23.5 Å². The summed E-state index contributed by atoms with van der Waals surface area (Å²) in [6.45, 7) is 1.98. The molecule has 0 aliphatic heterocycles. The van der Waals surface area contributed by atoms with Crippen molar-refractivity contribution in [1.82, 2.24) is 14.9 Å². The average molecular weight is 432 g/mol. The Morgan fingerprint density at radius 2 is 1.93 bits per heavy atom. The first-order valence-corrected chi connectivity index (χ1v) is 10.6. The minimum Gasteiger partial charge on any atom is -0.481 e. The Labute approximate surface area is 180 Å². The van der Waals surface area contributed by atoms with E-state index < -0.39 is 11.9 Å². The summed E-state index contributed by atoms with van der Waals surface area (Å²) in [5, 5.41) is 12.4. The SMILES string of the molecule is CCCCCc1nc(-c2ccc(Cl)cc2)cc(=O)n1CC(=O)NC1CC(C(=O)O)C1. The maximum Gasteiger partial charge on any atom is 0.306 e. The van der Waals surface area contributed by atoms with Crippen LogP contribution in [0.15, 0.2) is 35.1 Å². The molecule has 0 radical (unpaired) electrons. The van der Waals surface area contributed by atoms with Crippen LogP contribution in [0.1, 0.15) is 44.9 Å². The van der Waals surface area contributed by atoms with Crippen LogP contribution >= 0.6 is 11.6 Å². The van der Waals surface area contributed by atoms with E-state index in [2.05, 4.69) is 17.2 Å². The molecular weight excluding hydrogens is 406 g/mol. The fraction of sp³-hybridized carbons (Fsp3) is 0.455. The molecule has 0 bridgehead atoms. The van der Waals surface area contributed by atoms with Gasteiger partial charge in [0.1, 0.15) is 12.4 Å². The van der Waals surface area contributed by atoms with Gasteiger partial charge in [-0.05, 0) is 31.4 Å². The first kappa shape index (κ1) is 22.0. The number of carbonyl (C=O) groups is 2. The highest BCUT2D eigenvalue weighted by Gasteiger charge is 2.35. The lowest BCUT2D eigenvalue weighted by atomic mass is 9.80. The van der Waals surface area contributed by atoms with Gasteiger partial charge >= 0.3 is 5.97 Å². The first-order chi connectivity index (χ1) is 14.4. The standard InChI is InChI=1S/C22H26ClN3O4/c1-2-3-4-5-19-25-18(14-6-8-16(23)9-7-14)12-21(28)26(19)13-20(27)24-17-10-15(11-17)22(29)30/h6-9,12,15,17H,2-5,10-11,13H2,1H3,(H,24,27)(H,29,30). The fourth-order valence-electron chi connectivity index (χ4n) is 3.57. The number of benzene rings is 1. The Morgan fingerprint density at radius 1 is 1.23 bits per heavy atom. The average Bonchev–Trinajstić information content (AvgIpc) is 2.67. The minimum atomic E-state index is -0.836. The van der Waals surface area contributed by atoms with Gasteiger partial charge in [-0.2, -0.15) is 0 Å². The first-order valence-electron chi connectivity index (χ1n) is 10.3. The molecular formula is C22H26ClN3O4. The van der Waals surface area contributed by atoms with Crippen LogP contribution in [-0.2, 0) is 22.6 Å². The van der Waals surface area contributed by atoms with E-state index >= 15 is 0 Å². The fourth-order valence-corrected chi connectivity index (χ4v) is 3.70. The Morgan fingerprint density at radius 3 is 2.57 bits per heavy atom. The van der Waals surface area contributed by atoms with Gasteiger partial charge in [0.05, 0.1) is 11.6 Å². The van der Waals surface area contributed by atoms with Crippen molar-refractivity contribution in [2.45, 2.75) is 58.0 Å². The van der Waals surface area contributed by atoms with Gasteiger partial charge in [-0.15, -0.1) is 0 Å². The molecule has 7 nitrogen and oxygen atoms in total. The number of nitrogens with one attached hydrogen (secondary N) is 1. The highest BCUT2D eigenvalue weighted by atomic mass is 35.5. The summed E-state index contributed by atoms with van der Waals surface area (Å²) in [6, 6.07) is 8.40. The molecule has 160 valence electrons. The Kier molecular flexibility index (Phi) is 7.26. The number of aliphatic carboxylic acids is 1. The highest BCUT2D eigenvalue weighted by molar-refractivity contribution is 6.30. The third-order valence-corrected chi connectivity index (χ3v) is 5.64. The molecule has 1 heterocycles. The van der Waals surface area contributed by atoms with Crippen molar-refractivity contribution in [3.05, 3.63) is 51.5 Å². The number of nitrogens with zero attached hydrogens (tertiary/aromatic N) is 2. The van der Waals surface area contributed by atoms with Crippen molar-refractivity contribution in [3.63, 3.8) is 0 Å². The number of halogens is 1. The normalized spacial score (nSPS) is 17.9. The molecule has 0 spiro atoms. The minimum absolute atomic E-state index is 0.123. The smallest absolute Gasteiger partial charge is 0.306 e. The van der Waals surface area contributed by atoms with Crippen molar-refractivity contribution in [2.75, 3.05) is 0 Å². The molecule has 1 amide bonds. The molecule has 0 atom stereocenters. The monoisotopic (exact) mass is 431 g/mol. The zero-order valence-electron chi connectivity index (χ0n) is 16.9. The van der Waals surface area contributed by atoms with Crippen LogP contribution < -0.4 is 10.9 Å². The quantitative estimate of drug-likeness (QED) is 0.593. The molecule has 1 aliphatic carbocycles. The number of carboxylic acid groups (broad SMARTS) is 1. The van der Waals surface area contributed by atoms with E-state index in [0.29, 0.717) is 35.8 Å². The van der Waals surface area contributed by atoms with E-state index in [-0.39, 0.29) is 24.1 Å². The number of hydrogen-bond acceptors (Lipinski definition) is 4. The van der Waals surface area contributed by atoms with Crippen LogP contribution in [0.5, 0.6) is 0 Å². The zero-order valence-corrected chi connectivity index (χ0v) is 17.7. The number of aromatic nitrogens is 2. The molecule has 0 unspecified atom stereocenters. The predicted octanol–water partition coefficient (Wildman–Crippen LogP) is 3.28. The Balaban J connectivity index is 1.78. The second-order valence-electron chi connectivity index (χ2n) is 7.72. The number of aryl methyl sites for hydroxylation is 1. The molecule has 30 heavy (non-hydrogen) atoms. The summed E-state index contributed by atoms with van der Waals surface area (Å²) >= 11 is 5.95. The van der Waals surface area contributed by atoms with E-state index in [9.17, 15) is 14.4 Å². The maximum absolute atomic E-state index is 12.8. The number of amides is 1. The van der Waals surface area contributed by atoms with Crippen molar-refractivity contribution < 1.29 is 14.7 Å². The molecule has 3 rings (SSSR count). The van der Waals surface area contributed by atoms with Gasteiger partial charge in [0.15, 0.2) is 0 Å². The van der Waals surface area contributed by atoms with E-state index in [4.69, 9.17) is 16.7 Å². The summed E-state index contributed by atoms with van der Waals surface area (Å²) in [6.07, 6.45) is 4.36. The van der Waals surface area contributed by atoms with Crippen molar-refractivity contribution in [2.24, 2.45) is 5.92 Å². The topological polar surface area (TPSA) is 101 Å². The summed E-state index contributed by atoms with van der Waals surface area (Å²) in [4.78, 5) is 40.9. The second kappa shape index (κ2) is 9.89. The molecule has 1 aliphatic rings. The molecule has 2 aromatic rings.